The SMILES string of the molecule is CN=c1cc2oc3cc(N)c(C)cc3c(-c3ccc(C(=O)O)cc3C(=O)O)c-2cc1C. The van der Waals surface area contributed by atoms with Crippen LogP contribution in [-0.2, 0) is 0 Å². The zero-order chi connectivity index (χ0) is 22.4. The molecule has 1 heterocycles. The normalized spacial score (nSPS) is 11.9. The van der Waals surface area contributed by atoms with Crippen molar-refractivity contribution in [2.75, 3.05) is 12.8 Å². The van der Waals surface area contributed by atoms with E-state index in [1.165, 1.54) is 18.2 Å². The molecule has 2 aromatic carbocycles. The summed E-state index contributed by atoms with van der Waals surface area (Å²) in [4.78, 5) is 27.8. The summed E-state index contributed by atoms with van der Waals surface area (Å²) in [5.74, 6) is -1.89. The first-order valence-electron chi connectivity index (χ1n) is 9.52. The van der Waals surface area contributed by atoms with Crippen LogP contribution in [0.3, 0.4) is 0 Å². The van der Waals surface area contributed by atoms with Gasteiger partial charge in [0.1, 0.15) is 11.3 Å². The molecule has 2 aliphatic rings. The number of aryl methyl sites for hydroxylation is 2. The number of nitrogen functional groups attached to an aromatic ring is 1. The van der Waals surface area contributed by atoms with Gasteiger partial charge in [-0.25, -0.2) is 9.59 Å². The summed E-state index contributed by atoms with van der Waals surface area (Å²) in [7, 11) is 1.69. The highest BCUT2D eigenvalue weighted by Crippen LogP contribution is 2.42. The molecule has 1 aliphatic heterocycles. The zero-order valence-electron chi connectivity index (χ0n) is 17.2. The standard InChI is InChI=1S/C24H20N2O5/c1-11-6-16-20(9-18(11)25)31-21-10-19(26-3)12(2)7-17(21)22(16)14-5-4-13(23(27)28)8-15(14)24(29)30/h4-10H,25H2,1-3H3,(H,27,28)(H,29,30). The van der Waals surface area contributed by atoms with E-state index in [9.17, 15) is 19.8 Å². The largest absolute Gasteiger partial charge is 0.478 e. The summed E-state index contributed by atoms with van der Waals surface area (Å²) < 4.78 is 6.12. The Balaban J connectivity index is 2.23. The number of carbonyl (C=O) groups is 2. The average molecular weight is 416 g/mol. The van der Waals surface area contributed by atoms with Crippen LogP contribution in [0.5, 0.6) is 0 Å². The summed E-state index contributed by atoms with van der Waals surface area (Å²) in [6, 6.07) is 11.4. The third-order valence-electron chi connectivity index (χ3n) is 5.43. The molecular formula is C24H20N2O5. The topological polar surface area (TPSA) is 126 Å². The molecule has 7 nitrogen and oxygen atoms in total. The monoisotopic (exact) mass is 416 g/mol. The second kappa shape index (κ2) is 7.28. The molecule has 0 spiro atoms. The first-order valence-corrected chi connectivity index (χ1v) is 9.52. The maximum absolute atomic E-state index is 12.1. The van der Waals surface area contributed by atoms with Crippen molar-refractivity contribution in [1.82, 2.24) is 0 Å². The van der Waals surface area contributed by atoms with Gasteiger partial charge in [-0.15, -0.1) is 0 Å². The van der Waals surface area contributed by atoms with Crippen molar-refractivity contribution in [2.24, 2.45) is 4.99 Å². The molecule has 0 fully saturated rings. The lowest BCUT2D eigenvalue weighted by Gasteiger charge is -2.18. The number of hydrogen-bond acceptors (Lipinski definition) is 5. The Kier molecular flexibility index (Phi) is 4.74. The Bertz CT molecular complexity index is 1430. The van der Waals surface area contributed by atoms with E-state index in [1.54, 1.807) is 19.2 Å². The summed E-state index contributed by atoms with van der Waals surface area (Å²) in [6.07, 6.45) is 0. The van der Waals surface area contributed by atoms with Crippen molar-refractivity contribution >= 4 is 28.6 Å². The van der Waals surface area contributed by atoms with Crippen LogP contribution >= 0.6 is 0 Å². The molecule has 1 aliphatic carbocycles. The first-order chi connectivity index (χ1) is 14.7. The highest BCUT2D eigenvalue weighted by atomic mass is 16.4. The fourth-order valence-corrected chi connectivity index (χ4v) is 3.81. The van der Waals surface area contributed by atoms with E-state index in [2.05, 4.69) is 4.99 Å². The molecule has 0 atom stereocenters. The number of aromatic carboxylic acids is 2. The van der Waals surface area contributed by atoms with Crippen LogP contribution in [0.25, 0.3) is 33.4 Å². The van der Waals surface area contributed by atoms with E-state index < -0.39 is 11.9 Å². The third-order valence-corrected chi connectivity index (χ3v) is 5.43. The molecule has 0 bridgehead atoms. The number of benzene rings is 3. The van der Waals surface area contributed by atoms with Gasteiger partial charge in [0.05, 0.1) is 16.5 Å². The summed E-state index contributed by atoms with van der Waals surface area (Å²) in [5, 5.41) is 20.6. The van der Waals surface area contributed by atoms with E-state index >= 15 is 0 Å². The zero-order valence-corrected chi connectivity index (χ0v) is 17.2. The van der Waals surface area contributed by atoms with Crippen molar-refractivity contribution in [1.29, 1.82) is 0 Å². The molecule has 156 valence electrons. The van der Waals surface area contributed by atoms with Gasteiger partial charge in [0.25, 0.3) is 0 Å². The van der Waals surface area contributed by atoms with Crippen molar-refractivity contribution in [2.45, 2.75) is 13.8 Å². The number of nitrogens with zero attached hydrogens (tertiary/aromatic N) is 1. The number of carboxylic acid groups (broad SMARTS) is 2. The minimum Gasteiger partial charge on any atom is -0.478 e. The Morgan fingerprint density at radius 2 is 1.68 bits per heavy atom. The maximum atomic E-state index is 12.1. The van der Waals surface area contributed by atoms with Gasteiger partial charge < -0.3 is 20.4 Å². The van der Waals surface area contributed by atoms with E-state index in [0.717, 1.165) is 16.5 Å². The third kappa shape index (κ3) is 3.30. The highest BCUT2D eigenvalue weighted by molar-refractivity contribution is 6.09. The van der Waals surface area contributed by atoms with Gasteiger partial charge in [-0.3, -0.25) is 4.99 Å². The fraction of sp³-hybridized carbons (Fsp3) is 0.125. The smallest absolute Gasteiger partial charge is 0.336 e. The van der Waals surface area contributed by atoms with Gasteiger partial charge in [-0.1, -0.05) is 6.07 Å². The molecule has 7 heteroatoms. The number of fused-ring (bicyclic) bond motifs is 2. The number of rotatable bonds is 3. The predicted molar refractivity (Wildman–Crippen MR) is 118 cm³/mol. The van der Waals surface area contributed by atoms with Crippen LogP contribution in [0.15, 0.2) is 51.9 Å². The molecule has 4 N–H and O–H groups in total. The Morgan fingerprint density at radius 1 is 0.935 bits per heavy atom. The van der Waals surface area contributed by atoms with E-state index in [4.69, 9.17) is 10.2 Å². The van der Waals surface area contributed by atoms with Gasteiger partial charge >= 0.3 is 11.9 Å². The number of anilines is 1. The lowest BCUT2D eigenvalue weighted by atomic mass is 9.88. The van der Waals surface area contributed by atoms with Crippen molar-refractivity contribution in [3.8, 4) is 22.5 Å². The van der Waals surface area contributed by atoms with Crippen LogP contribution in [0.1, 0.15) is 31.8 Å². The van der Waals surface area contributed by atoms with Gasteiger partial charge in [-0.2, -0.15) is 0 Å². The lowest BCUT2D eigenvalue weighted by Crippen LogP contribution is -2.09. The van der Waals surface area contributed by atoms with Crippen LogP contribution in [0.2, 0.25) is 0 Å². The van der Waals surface area contributed by atoms with Gasteiger partial charge in [0, 0.05) is 41.4 Å². The van der Waals surface area contributed by atoms with Gasteiger partial charge in [0.15, 0.2) is 0 Å². The molecule has 0 unspecified atom stereocenters. The minimum atomic E-state index is -1.22. The number of carboxylic acids is 2. The van der Waals surface area contributed by atoms with Crippen LogP contribution in [0.4, 0.5) is 5.69 Å². The van der Waals surface area contributed by atoms with Gasteiger partial charge in [-0.05, 0) is 54.8 Å². The van der Waals surface area contributed by atoms with Crippen LogP contribution < -0.4 is 11.1 Å². The Morgan fingerprint density at radius 3 is 2.32 bits per heavy atom. The Hall–Kier alpha value is -4.13. The van der Waals surface area contributed by atoms with E-state index in [0.29, 0.717) is 39.1 Å². The second-order valence-corrected chi connectivity index (χ2v) is 7.41. The summed E-state index contributed by atoms with van der Waals surface area (Å²) in [5.41, 5.74) is 10.4. The molecule has 0 radical (unpaired) electrons. The predicted octanol–water partition coefficient (Wildman–Crippen LogP) is 4.33. The number of nitrogens with two attached hydrogens (primary N) is 1. The van der Waals surface area contributed by atoms with Crippen molar-refractivity contribution in [3.63, 3.8) is 0 Å². The minimum absolute atomic E-state index is 0.0981. The lowest BCUT2D eigenvalue weighted by molar-refractivity contribution is 0.0696. The average Bonchev–Trinajstić information content (AvgIpc) is 2.72. The molecule has 0 amide bonds. The van der Waals surface area contributed by atoms with Crippen molar-refractivity contribution in [3.05, 3.63) is 70.1 Å². The fourth-order valence-electron chi connectivity index (χ4n) is 3.81. The van der Waals surface area contributed by atoms with E-state index in [1.807, 2.05) is 26.0 Å². The second-order valence-electron chi connectivity index (χ2n) is 7.41. The molecule has 4 rings (SSSR count). The van der Waals surface area contributed by atoms with Crippen LogP contribution in [-0.4, -0.2) is 29.2 Å². The summed E-state index contributed by atoms with van der Waals surface area (Å²) in [6.45, 7) is 3.77. The molecular weight excluding hydrogens is 396 g/mol. The molecule has 31 heavy (non-hydrogen) atoms. The summed E-state index contributed by atoms with van der Waals surface area (Å²) >= 11 is 0. The maximum Gasteiger partial charge on any atom is 0.336 e. The molecule has 0 saturated heterocycles. The Labute approximate surface area is 177 Å². The first kappa shape index (κ1) is 20.2. The quantitative estimate of drug-likeness (QED) is 0.337. The molecule has 0 aromatic heterocycles. The van der Waals surface area contributed by atoms with E-state index in [-0.39, 0.29) is 11.1 Å². The van der Waals surface area contributed by atoms with Crippen LogP contribution in [0, 0.1) is 13.8 Å². The van der Waals surface area contributed by atoms with Crippen molar-refractivity contribution < 1.29 is 24.2 Å². The van der Waals surface area contributed by atoms with Gasteiger partial charge in [0.2, 0.25) is 0 Å². The molecule has 2 aromatic rings. The number of hydrogen-bond donors (Lipinski definition) is 3. The molecule has 0 saturated carbocycles. The highest BCUT2D eigenvalue weighted by Gasteiger charge is 2.23.